The molecule has 0 N–H and O–H groups in total. The summed E-state index contributed by atoms with van der Waals surface area (Å²) in [4.78, 5) is 1.47. The smallest absolute Gasteiger partial charge is 0.206 e. The van der Waals surface area contributed by atoms with Gasteiger partial charge in [0.1, 0.15) is 6.54 Å². The molecule has 0 aliphatic heterocycles. The Morgan fingerprint density at radius 1 is 1.14 bits per heavy atom. The van der Waals surface area contributed by atoms with Crippen molar-refractivity contribution in [2.75, 3.05) is 0 Å². The molecule has 0 bridgehead atoms. The van der Waals surface area contributed by atoms with Gasteiger partial charge in [-0.15, -0.1) is 15.3 Å². The number of benzene rings is 1. The van der Waals surface area contributed by atoms with Crippen LogP contribution in [0, 0.1) is 0 Å². The first-order valence-corrected chi connectivity index (χ1v) is 7.43. The molecule has 0 saturated heterocycles. The fourth-order valence-electron chi connectivity index (χ4n) is 2.01. The maximum absolute atomic E-state index is 6.14. The molecule has 0 aliphatic rings. The highest BCUT2D eigenvalue weighted by molar-refractivity contribution is 6.33. The topological polar surface area (TPSA) is 87.2 Å². The van der Waals surface area contributed by atoms with Crippen LogP contribution < -0.4 is 0 Å². The number of hydrogen-bond donors (Lipinski definition) is 0. The van der Waals surface area contributed by atoms with Crippen LogP contribution in [0.2, 0.25) is 5.02 Å². The Labute approximate surface area is 132 Å². The summed E-state index contributed by atoms with van der Waals surface area (Å²) in [5, 5.41) is 24.7. The zero-order chi connectivity index (χ0) is 15.4. The molecule has 1 aromatic carbocycles. The Kier molecular flexibility index (Phi) is 4.38. The van der Waals surface area contributed by atoms with Gasteiger partial charge in [-0.2, -0.15) is 4.80 Å². The van der Waals surface area contributed by atoms with Gasteiger partial charge in [-0.05, 0) is 34.2 Å². The first kappa shape index (κ1) is 14.6. The Morgan fingerprint density at radius 2 is 2.00 bits per heavy atom. The van der Waals surface area contributed by atoms with Crippen LogP contribution in [0.4, 0.5) is 0 Å². The van der Waals surface area contributed by atoms with Gasteiger partial charge in [0.05, 0.1) is 5.02 Å². The highest BCUT2D eigenvalue weighted by Gasteiger charge is 2.12. The van der Waals surface area contributed by atoms with Crippen LogP contribution in [0.3, 0.4) is 0 Å². The molecule has 114 valence electrons. The quantitative estimate of drug-likeness (QED) is 0.689. The summed E-state index contributed by atoms with van der Waals surface area (Å²) < 4.78 is 1.77. The largest absolute Gasteiger partial charge is 0.228 e. The molecule has 8 nitrogen and oxygen atoms in total. The lowest BCUT2D eigenvalue weighted by Crippen LogP contribution is -2.12. The van der Waals surface area contributed by atoms with E-state index in [1.807, 2.05) is 18.2 Å². The van der Waals surface area contributed by atoms with Crippen molar-refractivity contribution in [3.05, 3.63) is 35.1 Å². The number of hydrogen-bond acceptors (Lipinski definition) is 6. The van der Waals surface area contributed by atoms with Crippen molar-refractivity contribution >= 4 is 11.6 Å². The van der Waals surface area contributed by atoms with E-state index < -0.39 is 0 Å². The second-order valence-electron chi connectivity index (χ2n) is 4.80. The predicted octanol–water partition coefficient (Wildman–Crippen LogP) is 1.83. The Bertz CT molecular complexity index is 750. The number of tetrazole rings is 2. The fraction of sp³-hybridized carbons (Fsp3) is 0.385. The summed E-state index contributed by atoms with van der Waals surface area (Å²) in [6.45, 7) is 3.28. The lowest BCUT2D eigenvalue weighted by molar-refractivity contribution is 0.490. The summed E-state index contributed by atoms with van der Waals surface area (Å²) in [6, 6.07) is 7.39. The van der Waals surface area contributed by atoms with Gasteiger partial charge in [0.2, 0.25) is 5.82 Å². The lowest BCUT2D eigenvalue weighted by Gasteiger charge is -2.02. The summed E-state index contributed by atoms with van der Waals surface area (Å²) in [7, 11) is 0. The molecule has 2 aromatic heterocycles. The third-order valence-corrected chi connectivity index (χ3v) is 3.51. The summed E-state index contributed by atoms with van der Waals surface area (Å²) in [5.74, 6) is 1.19. The highest BCUT2D eigenvalue weighted by Crippen LogP contribution is 2.23. The van der Waals surface area contributed by atoms with Crippen molar-refractivity contribution in [1.82, 2.24) is 40.4 Å². The molecule has 9 heteroatoms. The average molecular weight is 319 g/mol. The number of halogens is 1. The zero-order valence-corrected chi connectivity index (χ0v) is 12.8. The van der Waals surface area contributed by atoms with E-state index in [4.69, 9.17) is 11.6 Å². The van der Waals surface area contributed by atoms with Crippen LogP contribution in [0.25, 0.3) is 11.4 Å². The molecule has 0 unspecified atom stereocenters. The van der Waals surface area contributed by atoms with Crippen molar-refractivity contribution in [2.24, 2.45) is 0 Å². The van der Waals surface area contributed by atoms with Crippen LogP contribution in [0.15, 0.2) is 24.3 Å². The Morgan fingerprint density at radius 3 is 2.82 bits per heavy atom. The van der Waals surface area contributed by atoms with Crippen LogP contribution >= 0.6 is 11.6 Å². The van der Waals surface area contributed by atoms with Crippen LogP contribution in [-0.4, -0.2) is 40.4 Å². The third-order valence-electron chi connectivity index (χ3n) is 3.18. The van der Waals surface area contributed by atoms with E-state index in [1.165, 1.54) is 4.80 Å². The Hall–Kier alpha value is -2.35. The van der Waals surface area contributed by atoms with Crippen molar-refractivity contribution < 1.29 is 0 Å². The van der Waals surface area contributed by atoms with Crippen LogP contribution in [0.1, 0.15) is 25.6 Å². The monoisotopic (exact) mass is 318 g/mol. The van der Waals surface area contributed by atoms with Crippen LogP contribution in [0.5, 0.6) is 0 Å². The molecule has 0 atom stereocenters. The lowest BCUT2D eigenvalue weighted by atomic mass is 10.2. The number of aromatic nitrogens is 8. The number of unbranched alkanes of at least 4 members (excludes halogenated alkanes) is 1. The van der Waals surface area contributed by atoms with Crippen LogP contribution in [-0.2, 0) is 13.1 Å². The summed E-state index contributed by atoms with van der Waals surface area (Å²) in [6.07, 6.45) is 2.10. The van der Waals surface area contributed by atoms with Gasteiger partial charge in [-0.25, -0.2) is 4.68 Å². The van der Waals surface area contributed by atoms with Gasteiger partial charge in [-0.1, -0.05) is 37.1 Å². The van der Waals surface area contributed by atoms with Gasteiger partial charge >= 0.3 is 0 Å². The van der Waals surface area contributed by atoms with Gasteiger partial charge in [-0.3, -0.25) is 0 Å². The van der Waals surface area contributed by atoms with Crippen molar-refractivity contribution in [1.29, 1.82) is 0 Å². The first-order valence-electron chi connectivity index (χ1n) is 7.05. The highest BCUT2D eigenvalue weighted by atomic mass is 35.5. The molecule has 22 heavy (non-hydrogen) atoms. The maximum atomic E-state index is 6.14. The first-order chi connectivity index (χ1) is 10.8. The second-order valence-corrected chi connectivity index (χ2v) is 5.20. The van der Waals surface area contributed by atoms with E-state index in [1.54, 1.807) is 10.7 Å². The Balaban J connectivity index is 1.78. The molecule has 0 amide bonds. The predicted molar refractivity (Wildman–Crippen MR) is 80.1 cm³/mol. The van der Waals surface area contributed by atoms with E-state index in [2.05, 4.69) is 37.9 Å². The van der Waals surface area contributed by atoms with Crippen molar-refractivity contribution in [3.63, 3.8) is 0 Å². The number of rotatable bonds is 6. The minimum atomic E-state index is 0.369. The van der Waals surface area contributed by atoms with Gasteiger partial charge in [0, 0.05) is 12.1 Å². The average Bonchev–Trinajstić information content (AvgIpc) is 3.16. The fourth-order valence-corrected chi connectivity index (χ4v) is 2.23. The van der Waals surface area contributed by atoms with E-state index in [0.717, 1.165) is 24.9 Å². The van der Waals surface area contributed by atoms with E-state index in [-0.39, 0.29) is 0 Å². The third kappa shape index (κ3) is 3.11. The minimum absolute atomic E-state index is 0.369. The molecule has 3 rings (SSSR count). The number of nitrogens with zero attached hydrogens (tertiary/aromatic N) is 8. The zero-order valence-electron chi connectivity index (χ0n) is 12.1. The van der Waals surface area contributed by atoms with E-state index in [0.29, 0.717) is 23.2 Å². The number of aryl methyl sites for hydroxylation is 1. The molecular formula is C13H15ClN8. The van der Waals surface area contributed by atoms with Crippen molar-refractivity contribution in [3.8, 4) is 11.4 Å². The molecule has 0 saturated carbocycles. The molecule has 0 spiro atoms. The normalized spacial score (nSPS) is 11.0. The maximum Gasteiger partial charge on any atom is 0.206 e. The molecular weight excluding hydrogens is 304 g/mol. The van der Waals surface area contributed by atoms with E-state index >= 15 is 0 Å². The van der Waals surface area contributed by atoms with Gasteiger partial charge < -0.3 is 0 Å². The molecule has 0 radical (unpaired) electrons. The second kappa shape index (κ2) is 6.61. The summed E-state index contributed by atoms with van der Waals surface area (Å²) >= 11 is 6.14. The SMILES string of the molecule is CCCCn1nnnc1Cn1nnc(-c2ccccc2Cl)n1. The molecule has 0 fully saturated rings. The van der Waals surface area contributed by atoms with Crippen molar-refractivity contribution in [2.45, 2.75) is 32.9 Å². The molecule has 2 heterocycles. The standard InChI is InChI=1S/C13H15ClN8/c1-2-3-8-21-12(15-18-20-21)9-22-17-13(16-19-22)10-6-4-5-7-11(10)14/h4-7H,2-3,8-9H2,1H3. The minimum Gasteiger partial charge on any atom is -0.228 e. The summed E-state index contributed by atoms with van der Waals surface area (Å²) in [5.41, 5.74) is 0.751. The van der Waals surface area contributed by atoms with E-state index in [9.17, 15) is 0 Å². The molecule has 0 aliphatic carbocycles. The van der Waals surface area contributed by atoms with Gasteiger partial charge in [0.25, 0.3) is 0 Å². The van der Waals surface area contributed by atoms with Gasteiger partial charge in [0.15, 0.2) is 5.82 Å². The molecule has 3 aromatic rings.